The van der Waals surface area contributed by atoms with Gasteiger partial charge in [0.05, 0.1) is 7.11 Å². The number of ether oxygens (including phenoxy) is 2. The van der Waals surface area contributed by atoms with Crippen molar-refractivity contribution in [3.63, 3.8) is 0 Å². The number of anilines is 1. The van der Waals surface area contributed by atoms with Crippen molar-refractivity contribution in [2.45, 2.75) is 32.4 Å². The summed E-state index contributed by atoms with van der Waals surface area (Å²) in [7, 11) is 2.63. The molecule has 1 saturated heterocycles. The lowest BCUT2D eigenvalue weighted by Gasteiger charge is -2.32. The second-order valence-electron chi connectivity index (χ2n) is 11.2. The van der Waals surface area contributed by atoms with Gasteiger partial charge in [0.25, 0.3) is 0 Å². The van der Waals surface area contributed by atoms with Crippen molar-refractivity contribution in [1.82, 2.24) is 24.7 Å². The smallest absolute Gasteiger partial charge is 0.320 e. The van der Waals surface area contributed by atoms with Gasteiger partial charge < -0.3 is 24.3 Å². The van der Waals surface area contributed by atoms with Gasteiger partial charge in [-0.05, 0) is 31.3 Å². The number of hydrogen-bond donors (Lipinski definition) is 2. The Morgan fingerprint density at radius 2 is 1.82 bits per heavy atom. The third-order valence-corrected chi connectivity index (χ3v) is 8.60. The second kappa shape index (κ2) is 12.7. The summed E-state index contributed by atoms with van der Waals surface area (Å²) >= 11 is 0. The number of nitrogens with one attached hydrogen (secondary N) is 2. The molecule has 1 aliphatic rings. The first-order valence-electron chi connectivity index (χ1n) is 13.4. The molecule has 1 aromatic carbocycles. The van der Waals surface area contributed by atoms with Gasteiger partial charge >= 0.3 is 6.03 Å². The lowest BCUT2D eigenvalue weighted by atomic mass is 10.0. The van der Waals surface area contributed by atoms with Crippen LogP contribution in [-0.4, -0.2) is 93.5 Å². The van der Waals surface area contributed by atoms with E-state index in [0.29, 0.717) is 25.7 Å². The predicted octanol–water partition coefficient (Wildman–Crippen LogP) is 4.39. The maximum absolute atomic E-state index is 12.6. The molecule has 3 heterocycles. The lowest BCUT2D eigenvalue weighted by molar-refractivity contribution is 0.0899. The molecule has 4 rings (SSSR count). The van der Waals surface area contributed by atoms with Crippen LogP contribution < -0.4 is 15.4 Å². The number of nitrogens with zero attached hydrogens (tertiary/aromatic N) is 4. The molecule has 0 radical (unpaired) electrons. The van der Waals surface area contributed by atoms with Gasteiger partial charge in [0, 0.05) is 76.7 Å². The molecule has 0 aliphatic carbocycles. The summed E-state index contributed by atoms with van der Waals surface area (Å²) in [5, 5.41) is 6.84. The van der Waals surface area contributed by atoms with Crippen LogP contribution in [0.3, 0.4) is 0 Å². The molecular formula is C28H42N6O3Si. The Balaban J connectivity index is 1.48. The standard InChI is InChI=1S/C28H42N6O3Si/c1-32-14-16-33(17-15-32)13-12-29-28(35)31-26-11-10-23-24(22-8-6-7-9-25(22)36-2)20-34(27(23)30-26)21-37-18-19-38(3,4)5/h6-11,20H,12-19,21H2,1-5H3,(H2,29,30,31,35). The van der Waals surface area contributed by atoms with Crippen molar-refractivity contribution in [3.05, 3.63) is 42.6 Å². The number of carbonyl (C=O) groups excluding carboxylic acids is 1. The minimum absolute atomic E-state index is 0.250. The van der Waals surface area contributed by atoms with E-state index in [9.17, 15) is 4.79 Å². The van der Waals surface area contributed by atoms with Gasteiger partial charge in [-0.1, -0.05) is 37.8 Å². The molecule has 0 unspecified atom stereocenters. The number of para-hydroxylation sites is 1. The summed E-state index contributed by atoms with van der Waals surface area (Å²) in [5.74, 6) is 1.30. The number of fused-ring (bicyclic) bond motifs is 1. The Morgan fingerprint density at radius 3 is 2.55 bits per heavy atom. The highest BCUT2D eigenvalue weighted by molar-refractivity contribution is 6.76. The van der Waals surface area contributed by atoms with Gasteiger partial charge in [-0.2, -0.15) is 0 Å². The maximum Gasteiger partial charge on any atom is 0.320 e. The Kier molecular flexibility index (Phi) is 9.43. The molecule has 38 heavy (non-hydrogen) atoms. The minimum Gasteiger partial charge on any atom is -0.496 e. The number of carbonyl (C=O) groups is 1. The van der Waals surface area contributed by atoms with Crippen LogP contribution in [0.25, 0.3) is 22.2 Å². The zero-order valence-electron chi connectivity index (χ0n) is 23.4. The summed E-state index contributed by atoms with van der Waals surface area (Å²) in [6.45, 7) is 13.8. The van der Waals surface area contributed by atoms with Crippen LogP contribution in [0, 0.1) is 0 Å². The molecule has 2 aromatic heterocycles. The van der Waals surface area contributed by atoms with E-state index in [1.807, 2.05) is 41.0 Å². The number of pyridine rings is 1. The monoisotopic (exact) mass is 538 g/mol. The van der Waals surface area contributed by atoms with Crippen LogP contribution in [0.2, 0.25) is 25.7 Å². The first-order valence-corrected chi connectivity index (χ1v) is 17.1. The molecule has 1 fully saturated rings. The quantitative estimate of drug-likeness (QED) is 0.278. The Labute approximate surface area is 227 Å². The van der Waals surface area contributed by atoms with Crippen LogP contribution in [-0.2, 0) is 11.5 Å². The van der Waals surface area contributed by atoms with Gasteiger partial charge in [-0.15, -0.1) is 0 Å². The second-order valence-corrected chi connectivity index (χ2v) is 16.8. The highest BCUT2D eigenvalue weighted by Gasteiger charge is 2.18. The summed E-state index contributed by atoms with van der Waals surface area (Å²) in [5.41, 5.74) is 2.76. The minimum atomic E-state index is -1.19. The zero-order valence-corrected chi connectivity index (χ0v) is 24.4. The summed E-state index contributed by atoms with van der Waals surface area (Å²) in [6.07, 6.45) is 2.06. The van der Waals surface area contributed by atoms with Crippen LogP contribution >= 0.6 is 0 Å². The number of methoxy groups -OCH3 is 1. The van der Waals surface area contributed by atoms with Gasteiger partial charge in [-0.3, -0.25) is 10.2 Å². The van der Waals surface area contributed by atoms with E-state index in [1.165, 1.54) is 0 Å². The van der Waals surface area contributed by atoms with Crippen molar-refractivity contribution < 1.29 is 14.3 Å². The predicted molar refractivity (Wildman–Crippen MR) is 157 cm³/mol. The number of hydrogen-bond acceptors (Lipinski definition) is 6. The summed E-state index contributed by atoms with van der Waals surface area (Å²) < 4.78 is 13.7. The van der Waals surface area contributed by atoms with Crippen molar-refractivity contribution in [2.75, 3.05) is 65.3 Å². The fourth-order valence-electron chi connectivity index (χ4n) is 4.51. The number of piperazine rings is 1. The number of amides is 2. The fraction of sp³-hybridized carbons (Fsp3) is 0.500. The molecule has 2 amide bonds. The number of rotatable bonds is 11. The maximum atomic E-state index is 12.6. The fourth-order valence-corrected chi connectivity index (χ4v) is 5.27. The van der Waals surface area contributed by atoms with E-state index in [1.54, 1.807) is 7.11 Å². The van der Waals surface area contributed by atoms with E-state index in [4.69, 9.17) is 14.5 Å². The average molecular weight is 539 g/mol. The first-order chi connectivity index (χ1) is 18.2. The number of aromatic nitrogens is 2. The molecule has 2 N–H and O–H groups in total. The van der Waals surface area contributed by atoms with Crippen LogP contribution in [0.15, 0.2) is 42.6 Å². The van der Waals surface area contributed by atoms with Crippen LogP contribution in [0.1, 0.15) is 0 Å². The molecule has 0 saturated carbocycles. The average Bonchev–Trinajstić information content (AvgIpc) is 3.25. The van der Waals surface area contributed by atoms with Crippen molar-refractivity contribution >= 4 is 31.0 Å². The third kappa shape index (κ3) is 7.56. The largest absolute Gasteiger partial charge is 0.496 e. The molecule has 9 nitrogen and oxygen atoms in total. The van der Waals surface area contributed by atoms with Crippen molar-refractivity contribution in [2.24, 2.45) is 0 Å². The molecule has 0 atom stereocenters. The normalized spacial score (nSPS) is 15.1. The molecule has 1 aliphatic heterocycles. The molecule has 3 aromatic rings. The number of urea groups is 1. The zero-order chi connectivity index (χ0) is 27.1. The third-order valence-electron chi connectivity index (χ3n) is 6.90. The SMILES string of the molecule is COc1ccccc1-c1cn(COCC[Si](C)(C)C)c2nc(NC(=O)NCCN3CCN(C)CC3)ccc12. The molecule has 0 spiro atoms. The Morgan fingerprint density at radius 1 is 1.05 bits per heavy atom. The molecule has 0 bridgehead atoms. The van der Waals surface area contributed by atoms with Crippen LogP contribution in [0.4, 0.5) is 10.6 Å². The van der Waals surface area contributed by atoms with E-state index in [2.05, 4.69) is 53.3 Å². The summed E-state index contributed by atoms with van der Waals surface area (Å²) in [6, 6.07) is 12.7. The highest BCUT2D eigenvalue weighted by atomic mass is 28.3. The van der Waals surface area contributed by atoms with Gasteiger partial charge in [0.15, 0.2) is 0 Å². The van der Waals surface area contributed by atoms with E-state index >= 15 is 0 Å². The topological polar surface area (TPSA) is 83.9 Å². The first kappa shape index (κ1) is 28.1. The molecule has 206 valence electrons. The summed E-state index contributed by atoms with van der Waals surface area (Å²) in [4.78, 5) is 22.1. The molecule has 10 heteroatoms. The van der Waals surface area contributed by atoms with Gasteiger partial charge in [0.2, 0.25) is 0 Å². The van der Waals surface area contributed by atoms with Crippen molar-refractivity contribution in [1.29, 1.82) is 0 Å². The Bertz CT molecular complexity index is 1220. The van der Waals surface area contributed by atoms with Gasteiger partial charge in [-0.25, -0.2) is 9.78 Å². The number of likely N-dealkylation sites (N-methyl/N-ethyl adjacent to an activating group) is 1. The van der Waals surface area contributed by atoms with Gasteiger partial charge in [0.1, 0.15) is 23.9 Å². The number of benzene rings is 1. The van der Waals surface area contributed by atoms with Crippen molar-refractivity contribution in [3.8, 4) is 16.9 Å². The molecular weight excluding hydrogens is 496 g/mol. The lowest BCUT2D eigenvalue weighted by Crippen LogP contribution is -2.47. The van der Waals surface area contributed by atoms with E-state index < -0.39 is 8.07 Å². The highest BCUT2D eigenvalue weighted by Crippen LogP contribution is 2.36. The Hall–Kier alpha value is -2.92. The van der Waals surface area contributed by atoms with Crippen LogP contribution in [0.5, 0.6) is 5.75 Å². The van der Waals surface area contributed by atoms with E-state index in [-0.39, 0.29) is 6.03 Å². The van der Waals surface area contributed by atoms with E-state index in [0.717, 1.165) is 66.7 Å².